The van der Waals surface area contributed by atoms with Crippen molar-refractivity contribution in [3.8, 4) is 0 Å². The Labute approximate surface area is 244 Å². The van der Waals surface area contributed by atoms with Crippen LogP contribution in [0.5, 0.6) is 0 Å². The minimum absolute atomic E-state index is 0.162. The highest BCUT2D eigenvalue weighted by molar-refractivity contribution is 5.76. The highest BCUT2D eigenvalue weighted by atomic mass is 16.2. The monoisotopic (exact) mass is 549 g/mol. The Hall–Kier alpha value is -1.32. The maximum Gasteiger partial charge on any atom is 0.223 e. The predicted octanol–water partition coefficient (Wildman–Crippen LogP) is 10.4. The highest BCUT2D eigenvalue weighted by Crippen LogP contribution is 2.18. The van der Waals surface area contributed by atoms with E-state index in [1.165, 1.54) is 122 Å². The van der Waals surface area contributed by atoms with Gasteiger partial charge in [-0.25, -0.2) is 0 Å². The van der Waals surface area contributed by atoms with Crippen molar-refractivity contribution in [3.05, 3.63) is 12.3 Å². The van der Waals surface area contributed by atoms with Gasteiger partial charge >= 0.3 is 0 Å². The van der Waals surface area contributed by atoms with Crippen LogP contribution in [-0.4, -0.2) is 18.4 Å². The smallest absolute Gasteiger partial charge is 0.223 e. The van der Waals surface area contributed by atoms with Crippen LogP contribution in [0, 0.1) is 11.8 Å². The van der Waals surface area contributed by atoms with Crippen molar-refractivity contribution in [2.45, 2.75) is 182 Å². The van der Waals surface area contributed by atoms with Gasteiger partial charge in [0.25, 0.3) is 0 Å². The van der Waals surface area contributed by atoms with E-state index in [0.29, 0.717) is 18.8 Å². The molecule has 2 unspecified atom stereocenters. The van der Waals surface area contributed by atoms with E-state index < -0.39 is 0 Å². The number of carbonyl (C=O) groups excluding carboxylic acids is 2. The zero-order chi connectivity index (χ0) is 28.8. The van der Waals surface area contributed by atoms with Crippen molar-refractivity contribution < 1.29 is 9.59 Å². The molecule has 2 atom stereocenters. The third-order valence-corrected chi connectivity index (χ3v) is 7.99. The molecule has 0 rings (SSSR count). The van der Waals surface area contributed by atoms with Crippen LogP contribution in [0.25, 0.3) is 0 Å². The van der Waals surface area contributed by atoms with Gasteiger partial charge in [-0.05, 0) is 50.1 Å². The molecule has 0 spiro atoms. The normalized spacial score (nSPS) is 13.0. The summed E-state index contributed by atoms with van der Waals surface area (Å²) in [5, 5.41) is 6.05. The van der Waals surface area contributed by atoms with E-state index in [1.54, 1.807) is 0 Å². The van der Waals surface area contributed by atoms with Gasteiger partial charge in [0.15, 0.2) is 0 Å². The van der Waals surface area contributed by atoms with Gasteiger partial charge in [-0.15, -0.1) is 0 Å². The first-order valence-corrected chi connectivity index (χ1v) is 17.2. The number of carbonyl (C=O) groups is 2. The molecule has 2 amide bonds. The van der Waals surface area contributed by atoms with Crippen molar-refractivity contribution in [1.82, 2.24) is 10.6 Å². The van der Waals surface area contributed by atoms with E-state index >= 15 is 0 Å². The molecule has 230 valence electrons. The number of hydrogen-bond acceptors (Lipinski definition) is 2. The lowest BCUT2D eigenvalue weighted by atomic mass is 9.96. The summed E-state index contributed by atoms with van der Waals surface area (Å²) in [4.78, 5) is 23.9. The molecule has 0 radical (unpaired) electrons. The lowest BCUT2D eigenvalue weighted by molar-refractivity contribution is -0.121. The van der Waals surface area contributed by atoms with Crippen LogP contribution in [0.3, 0.4) is 0 Å². The third-order valence-electron chi connectivity index (χ3n) is 7.99. The molecular weight excluding hydrogens is 480 g/mol. The van der Waals surface area contributed by atoms with Gasteiger partial charge in [0.1, 0.15) is 0 Å². The zero-order valence-electron chi connectivity index (χ0n) is 26.8. The Morgan fingerprint density at radius 2 is 1.03 bits per heavy atom. The summed E-state index contributed by atoms with van der Waals surface area (Å²) in [5.74, 6) is 1.82. The fraction of sp³-hybridized carbons (Fsp3) is 0.886. The third kappa shape index (κ3) is 29.5. The molecule has 0 aromatic rings. The van der Waals surface area contributed by atoms with E-state index in [4.69, 9.17) is 0 Å². The van der Waals surface area contributed by atoms with Gasteiger partial charge in [0.2, 0.25) is 11.8 Å². The number of rotatable bonds is 29. The first-order chi connectivity index (χ1) is 19.0. The van der Waals surface area contributed by atoms with Crippen LogP contribution in [0.1, 0.15) is 182 Å². The molecule has 0 aliphatic carbocycles. The molecule has 2 N–H and O–H groups in total. The van der Waals surface area contributed by atoms with Crippen LogP contribution < -0.4 is 10.6 Å². The molecule has 39 heavy (non-hydrogen) atoms. The molecule has 0 aliphatic rings. The number of unbranched alkanes of at least 4 members (excludes halogenated alkanes) is 15. The largest absolute Gasteiger partial charge is 0.356 e. The standard InChI is InChI=1S/C35H68N2O2/c1-5-7-9-11-18-24-30-36-34(38)28-22-16-12-14-20-25-32(3)26-21-15-13-17-23-29-35(39)37-31-33(4)27-19-10-8-6-2/h24,30,32-33H,5-23,25-29,31H2,1-4H3,(H,36,38)(H,37,39)/b30-24+. The van der Waals surface area contributed by atoms with Gasteiger partial charge < -0.3 is 10.6 Å². The first kappa shape index (κ1) is 37.7. The summed E-state index contributed by atoms with van der Waals surface area (Å²) in [5.41, 5.74) is 0. The van der Waals surface area contributed by atoms with Gasteiger partial charge in [-0.3, -0.25) is 9.59 Å². The minimum atomic E-state index is 0.162. The van der Waals surface area contributed by atoms with Gasteiger partial charge in [-0.2, -0.15) is 0 Å². The molecule has 0 saturated heterocycles. The van der Waals surface area contributed by atoms with Crippen LogP contribution in [0.15, 0.2) is 12.3 Å². The number of hydrogen-bond donors (Lipinski definition) is 2. The van der Waals surface area contributed by atoms with Crippen LogP contribution >= 0.6 is 0 Å². The van der Waals surface area contributed by atoms with Gasteiger partial charge in [0, 0.05) is 19.4 Å². The Morgan fingerprint density at radius 1 is 0.564 bits per heavy atom. The minimum Gasteiger partial charge on any atom is -0.356 e. The van der Waals surface area contributed by atoms with Gasteiger partial charge in [-0.1, -0.05) is 143 Å². The zero-order valence-corrected chi connectivity index (χ0v) is 26.8. The fourth-order valence-electron chi connectivity index (χ4n) is 5.16. The number of amides is 2. The van der Waals surface area contributed by atoms with Crippen LogP contribution in [-0.2, 0) is 9.59 Å². The summed E-state index contributed by atoms with van der Waals surface area (Å²) in [6.45, 7) is 9.97. The average molecular weight is 549 g/mol. The molecule has 0 aromatic carbocycles. The molecule has 0 saturated carbocycles. The highest BCUT2D eigenvalue weighted by Gasteiger charge is 2.06. The Kier molecular flexibility index (Phi) is 28.7. The fourth-order valence-corrected chi connectivity index (χ4v) is 5.16. The Morgan fingerprint density at radius 3 is 1.62 bits per heavy atom. The van der Waals surface area contributed by atoms with Crippen molar-refractivity contribution in [2.75, 3.05) is 6.54 Å². The van der Waals surface area contributed by atoms with E-state index in [1.807, 2.05) is 6.20 Å². The maximum atomic E-state index is 12.1. The van der Waals surface area contributed by atoms with E-state index in [0.717, 1.165) is 31.7 Å². The molecule has 0 aliphatic heterocycles. The Balaban J connectivity index is 3.43. The van der Waals surface area contributed by atoms with Crippen LogP contribution in [0.4, 0.5) is 0 Å². The number of allylic oxidation sites excluding steroid dienone is 1. The van der Waals surface area contributed by atoms with Crippen molar-refractivity contribution >= 4 is 11.8 Å². The molecule has 4 nitrogen and oxygen atoms in total. The second-order valence-electron chi connectivity index (χ2n) is 12.3. The maximum absolute atomic E-state index is 12.1. The second-order valence-corrected chi connectivity index (χ2v) is 12.3. The van der Waals surface area contributed by atoms with Gasteiger partial charge in [0.05, 0.1) is 0 Å². The van der Waals surface area contributed by atoms with Crippen molar-refractivity contribution in [3.63, 3.8) is 0 Å². The quantitative estimate of drug-likeness (QED) is 0.0913. The summed E-state index contributed by atoms with van der Waals surface area (Å²) < 4.78 is 0. The SMILES string of the molecule is CCCCCC/C=C/NC(=O)CCCCCCCC(C)CCCCCCCC(=O)NCC(C)CCCCCC. The van der Waals surface area contributed by atoms with E-state index in [2.05, 4.69) is 44.4 Å². The molecule has 0 heterocycles. The second kappa shape index (κ2) is 29.7. The van der Waals surface area contributed by atoms with Crippen molar-refractivity contribution in [1.29, 1.82) is 0 Å². The molecule has 0 bridgehead atoms. The molecule has 0 fully saturated rings. The Bertz CT molecular complexity index is 575. The summed E-state index contributed by atoms with van der Waals surface area (Å²) in [6.07, 6.45) is 32.7. The lowest BCUT2D eigenvalue weighted by Gasteiger charge is -2.12. The topological polar surface area (TPSA) is 58.2 Å². The molecule has 0 aromatic heterocycles. The summed E-state index contributed by atoms with van der Waals surface area (Å²) in [7, 11) is 0. The first-order valence-electron chi connectivity index (χ1n) is 17.2. The molecular formula is C35H68N2O2. The molecule has 4 heteroatoms. The average Bonchev–Trinajstić information content (AvgIpc) is 2.92. The summed E-state index contributed by atoms with van der Waals surface area (Å²) >= 11 is 0. The summed E-state index contributed by atoms with van der Waals surface area (Å²) in [6, 6.07) is 0. The van der Waals surface area contributed by atoms with Crippen LogP contribution in [0.2, 0.25) is 0 Å². The van der Waals surface area contributed by atoms with Crippen molar-refractivity contribution in [2.24, 2.45) is 11.8 Å². The number of nitrogens with one attached hydrogen (secondary N) is 2. The lowest BCUT2D eigenvalue weighted by Crippen LogP contribution is -2.28. The van der Waals surface area contributed by atoms with E-state index in [-0.39, 0.29) is 11.8 Å². The van der Waals surface area contributed by atoms with E-state index in [9.17, 15) is 9.59 Å². The predicted molar refractivity (Wildman–Crippen MR) is 171 cm³/mol.